The molecule has 0 spiro atoms. The summed E-state index contributed by atoms with van der Waals surface area (Å²) in [7, 11) is 1.83. The van der Waals surface area contributed by atoms with E-state index in [1.807, 2.05) is 7.11 Å². The molecule has 0 aromatic carbocycles. The molecule has 0 saturated heterocycles. The zero-order valence-corrected chi connectivity index (χ0v) is 13.6. The average molecular weight is 299 g/mol. The van der Waals surface area contributed by atoms with Crippen molar-refractivity contribution in [2.45, 2.75) is 89.2 Å². The number of ether oxygens (including phenoxy) is 1. The van der Waals surface area contributed by atoms with Gasteiger partial charge in [0, 0.05) is 19.6 Å². The van der Waals surface area contributed by atoms with Gasteiger partial charge in [0.05, 0.1) is 6.10 Å². The third-order valence-corrected chi connectivity index (χ3v) is 4.48. The van der Waals surface area contributed by atoms with E-state index in [1.165, 1.54) is 57.8 Å². The predicted molar refractivity (Wildman–Crippen MR) is 85.6 cm³/mol. The summed E-state index contributed by atoms with van der Waals surface area (Å²) in [5, 5.41) is 12.2. The summed E-state index contributed by atoms with van der Waals surface area (Å²) in [4.78, 5) is 10.4. The Morgan fingerprint density at radius 1 is 1.05 bits per heavy atom. The van der Waals surface area contributed by atoms with E-state index in [9.17, 15) is 4.79 Å². The van der Waals surface area contributed by atoms with Crippen LogP contribution in [0.5, 0.6) is 0 Å². The number of aliphatic carboxylic acids is 1. The fourth-order valence-electron chi connectivity index (χ4n) is 3.19. The molecule has 4 heteroatoms. The van der Waals surface area contributed by atoms with Crippen LogP contribution >= 0.6 is 0 Å². The molecule has 0 bridgehead atoms. The molecule has 1 saturated carbocycles. The van der Waals surface area contributed by atoms with Gasteiger partial charge in [0.2, 0.25) is 0 Å². The minimum Gasteiger partial charge on any atom is -0.481 e. The van der Waals surface area contributed by atoms with E-state index in [-0.39, 0.29) is 0 Å². The smallest absolute Gasteiger partial charge is 0.303 e. The molecule has 124 valence electrons. The third-order valence-electron chi connectivity index (χ3n) is 4.48. The second-order valence-corrected chi connectivity index (χ2v) is 6.24. The quantitative estimate of drug-likeness (QED) is 0.539. The van der Waals surface area contributed by atoms with Crippen molar-refractivity contribution >= 4 is 5.97 Å². The van der Waals surface area contributed by atoms with Gasteiger partial charge in [-0.25, -0.2) is 0 Å². The Kier molecular flexibility index (Phi) is 10.5. The number of hydrogen-bond acceptors (Lipinski definition) is 3. The van der Waals surface area contributed by atoms with Crippen LogP contribution in [0.3, 0.4) is 0 Å². The normalized spacial score (nSPS) is 22.3. The Balaban J connectivity index is 1.87. The molecule has 0 aromatic heterocycles. The number of rotatable bonds is 12. The van der Waals surface area contributed by atoms with E-state index in [4.69, 9.17) is 9.84 Å². The maximum atomic E-state index is 10.4. The van der Waals surface area contributed by atoms with Gasteiger partial charge in [-0.1, -0.05) is 44.9 Å². The molecule has 0 radical (unpaired) electrons. The van der Waals surface area contributed by atoms with Gasteiger partial charge in [0.1, 0.15) is 0 Å². The van der Waals surface area contributed by atoms with E-state index in [1.54, 1.807) is 0 Å². The fraction of sp³-hybridized carbons (Fsp3) is 0.941. The summed E-state index contributed by atoms with van der Waals surface area (Å²) in [6.07, 6.45) is 13.9. The number of unbranched alkanes of at least 4 members (excludes halogenated alkanes) is 6. The summed E-state index contributed by atoms with van der Waals surface area (Å²) < 4.78 is 5.55. The lowest BCUT2D eigenvalue weighted by atomic mass is 9.92. The van der Waals surface area contributed by atoms with Crippen LogP contribution in [-0.4, -0.2) is 36.9 Å². The van der Waals surface area contributed by atoms with Crippen LogP contribution in [0.2, 0.25) is 0 Å². The zero-order chi connectivity index (χ0) is 15.3. The van der Waals surface area contributed by atoms with Crippen LogP contribution in [0.25, 0.3) is 0 Å². The van der Waals surface area contributed by atoms with E-state index in [2.05, 4.69) is 5.32 Å². The molecule has 1 rings (SSSR count). The van der Waals surface area contributed by atoms with Gasteiger partial charge < -0.3 is 15.2 Å². The first-order chi connectivity index (χ1) is 10.2. The van der Waals surface area contributed by atoms with Gasteiger partial charge >= 0.3 is 5.97 Å². The monoisotopic (exact) mass is 299 g/mol. The lowest BCUT2D eigenvalue weighted by Gasteiger charge is -2.31. The minimum atomic E-state index is -0.668. The Morgan fingerprint density at radius 2 is 1.67 bits per heavy atom. The number of carboxylic acid groups (broad SMARTS) is 1. The van der Waals surface area contributed by atoms with E-state index in [0.29, 0.717) is 18.6 Å². The Bertz CT molecular complexity index is 271. The molecule has 1 aliphatic carbocycles. The van der Waals surface area contributed by atoms with Gasteiger partial charge in [-0.05, 0) is 32.2 Å². The second-order valence-electron chi connectivity index (χ2n) is 6.24. The highest BCUT2D eigenvalue weighted by atomic mass is 16.5. The molecule has 1 fully saturated rings. The average Bonchev–Trinajstić information content (AvgIpc) is 2.49. The van der Waals surface area contributed by atoms with Crippen LogP contribution < -0.4 is 5.32 Å². The van der Waals surface area contributed by atoms with Crippen molar-refractivity contribution in [1.82, 2.24) is 5.32 Å². The molecule has 4 nitrogen and oxygen atoms in total. The number of carboxylic acids is 1. The third kappa shape index (κ3) is 9.10. The van der Waals surface area contributed by atoms with Crippen molar-refractivity contribution in [1.29, 1.82) is 0 Å². The van der Waals surface area contributed by atoms with Crippen LogP contribution in [-0.2, 0) is 9.53 Å². The van der Waals surface area contributed by atoms with E-state index in [0.717, 1.165) is 19.4 Å². The van der Waals surface area contributed by atoms with Crippen molar-refractivity contribution < 1.29 is 14.6 Å². The lowest BCUT2D eigenvalue weighted by Crippen LogP contribution is -2.43. The van der Waals surface area contributed by atoms with E-state index >= 15 is 0 Å². The molecular formula is C17H33NO3. The number of methoxy groups -OCH3 is 1. The van der Waals surface area contributed by atoms with Crippen LogP contribution in [0.4, 0.5) is 0 Å². The standard InChI is InChI=1S/C17H33NO3/c1-21-16-12-9-8-11-15(16)18-14-10-6-4-2-3-5-7-13-17(19)20/h15-16,18H,2-14H2,1H3,(H,19,20). The van der Waals surface area contributed by atoms with Crippen molar-refractivity contribution in [3.8, 4) is 0 Å². The summed E-state index contributed by atoms with van der Waals surface area (Å²) in [5.41, 5.74) is 0. The summed E-state index contributed by atoms with van der Waals surface area (Å²) in [6, 6.07) is 0.555. The number of hydrogen-bond donors (Lipinski definition) is 2. The minimum absolute atomic E-state index is 0.325. The number of carbonyl (C=O) groups is 1. The summed E-state index contributed by atoms with van der Waals surface area (Å²) >= 11 is 0. The first-order valence-corrected chi connectivity index (χ1v) is 8.72. The van der Waals surface area contributed by atoms with Gasteiger partial charge in [-0.2, -0.15) is 0 Å². The molecule has 0 heterocycles. The molecule has 21 heavy (non-hydrogen) atoms. The summed E-state index contributed by atoms with van der Waals surface area (Å²) in [5.74, 6) is -0.668. The lowest BCUT2D eigenvalue weighted by molar-refractivity contribution is -0.137. The first kappa shape index (κ1) is 18.4. The molecule has 0 aliphatic heterocycles. The Labute approximate surface area is 129 Å². The van der Waals surface area contributed by atoms with Gasteiger partial charge in [-0.3, -0.25) is 4.79 Å². The zero-order valence-electron chi connectivity index (χ0n) is 13.6. The fourth-order valence-corrected chi connectivity index (χ4v) is 3.19. The van der Waals surface area contributed by atoms with Crippen molar-refractivity contribution in [2.75, 3.05) is 13.7 Å². The highest BCUT2D eigenvalue weighted by Gasteiger charge is 2.23. The highest BCUT2D eigenvalue weighted by molar-refractivity contribution is 5.66. The highest BCUT2D eigenvalue weighted by Crippen LogP contribution is 2.20. The maximum Gasteiger partial charge on any atom is 0.303 e. The molecular weight excluding hydrogens is 266 g/mol. The van der Waals surface area contributed by atoms with Crippen LogP contribution in [0.15, 0.2) is 0 Å². The van der Waals surface area contributed by atoms with Gasteiger partial charge in [0.25, 0.3) is 0 Å². The molecule has 0 amide bonds. The number of nitrogens with one attached hydrogen (secondary N) is 1. The Hall–Kier alpha value is -0.610. The van der Waals surface area contributed by atoms with Gasteiger partial charge in [-0.15, -0.1) is 0 Å². The van der Waals surface area contributed by atoms with Crippen LogP contribution in [0.1, 0.15) is 77.0 Å². The molecule has 2 N–H and O–H groups in total. The summed E-state index contributed by atoms with van der Waals surface area (Å²) in [6.45, 7) is 1.10. The van der Waals surface area contributed by atoms with Gasteiger partial charge in [0.15, 0.2) is 0 Å². The van der Waals surface area contributed by atoms with Crippen molar-refractivity contribution in [3.05, 3.63) is 0 Å². The van der Waals surface area contributed by atoms with Crippen molar-refractivity contribution in [3.63, 3.8) is 0 Å². The van der Waals surface area contributed by atoms with Crippen LogP contribution in [0, 0.1) is 0 Å². The second kappa shape index (κ2) is 12.0. The van der Waals surface area contributed by atoms with Crippen molar-refractivity contribution in [2.24, 2.45) is 0 Å². The first-order valence-electron chi connectivity index (χ1n) is 8.72. The molecule has 2 unspecified atom stereocenters. The topological polar surface area (TPSA) is 58.6 Å². The SMILES string of the molecule is COC1CCCCC1NCCCCCCCCCC(=O)O. The largest absolute Gasteiger partial charge is 0.481 e. The Morgan fingerprint density at radius 3 is 2.33 bits per heavy atom. The maximum absolute atomic E-state index is 10.4. The predicted octanol–water partition coefficient (Wildman–Crippen LogP) is 3.74. The molecule has 1 aliphatic rings. The molecule has 0 aromatic rings. The molecule has 2 atom stereocenters. The van der Waals surface area contributed by atoms with E-state index < -0.39 is 5.97 Å².